The third-order valence-corrected chi connectivity index (χ3v) is 11.8. The molecule has 51 heavy (non-hydrogen) atoms. The molecule has 4 aliphatic rings. The lowest BCUT2D eigenvalue weighted by molar-refractivity contribution is -0.0754. The van der Waals surface area contributed by atoms with Gasteiger partial charge in [0.1, 0.15) is 6.10 Å². The first-order valence-electron chi connectivity index (χ1n) is 21.7. The van der Waals surface area contributed by atoms with Crippen molar-refractivity contribution in [3.05, 3.63) is 66.0 Å². The zero-order valence-electron chi connectivity index (χ0n) is 33.8. The van der Waals surface area contributed by atoms with Crippen LogP contribution in [0.25, 0.3) is 0 Å². The standard InChI is InChI=1S/C16H30O.C16H24O.C15H23NO/c2*1-13(2)17-16(14-9-5-3-6-10-14)15-11-7-4-8-12-15;1-12(2)17-15(13-8-4-3-5-9-13)14-10-6-7-11-16-14/h13-16H,3-12H2,1-2H3;3,5-6,9-10,13,15-16H,4,7-8,11-12H2,1-2H3;6-7,10-13,15H,3-5,8-9H2,1-2H3. The van der Waals surface area contributed by atoms with E-state index in [1.807, 2.05) is 12.3 Å². The first-order valence-corrected chi connectivity index (χ1v) is 21.7. The van der Waals surface area contributed by atoms with Crippen LogP contribution in [0, 0.1) is 23.7 Å². The van der Waals surface area contributed by atoms with Crippen LogP contribution in [-0.2, 0) is 14.2 Å². The SMILES string of the molecule is CC(C)OC(C1CCCCC1)C1CCCCC1.CC(C)OC(c1ccccc1)C1CCCCC1.CC(C)OC(c1ccccn1)C1CCCCC1. The number of aromatic nitrogens is 1. The molecule has 0 saturated heterocycles. The highest BCUT2D eigenvalue weighted by atomic mass is 16.5. The van der Waals surface area contributed by atoms with E-state index in [1.54, 1.807) is 0 Å². The maximum absolute atomic E-state index is 6.33. The minimum Gasteiger partial charge on any atom is -0.375 e. The Kier molecular flexibility index (Phi) is 19.6. The Morgan fingerprint density at radius 1 is 0.431 bits per heavy atom. The Bertz CT molecular complexity index is 1030. The lowest BCUT2D eigenvalue weighted by Gasteiger charge is -2.38. The van der Waals surface area contributed by atoms with Gasteiger partial charge in [0.25, 0.3) is 0 Å². The Labute approximate surface area is 314 Å². The van der Waals surface area contributed by atoms with Crippen molar-refractivity contribution in [3.8, 4) is 0 Å². The smallest absolute Gasteiger partial charge is 0.103 e. The van der Waals surface area contributed by atoms with Gasteiger partial charge in [0.05, 0.1) is 36.2 Å². The molecule has 0 spiro atoms. The highest BCUT2D eigenvalue weighted by molar-refractivity contribution is 5.18. The van der Waals surface area contributed by atoms with Crippen LogP contribution in [-0.4, -0.2) is 29.4 Å². The van der Waals surface area contributed by atoms with Gasteiger partial charge in [0.15, 0.2) is 0 Å². The molecule has 2 atom stereocenters. The topological polar surface area (TPSA) is 40.6 Å². The van der Waals surface area contributed by atoms with Crippen LogP contribution in [0.1, 0.15) is 193 Å². The van der Waals surface area contributed by atoms with Gasteiger partial charge in [-0.1, -0.05) is 113 Å². The lowest BCUT2D eigenvalue weighted by Crippen LogP contribution is -2.36. The normalized spacial score (nSPS) is 21.2. The fourth-order valence-corrected chi connectivity index (χ4v) is 9.38. The van der Waals surface area contributed by atoms with Crippen LogP contribution >= 0.6 is 0 Å². The van der Waals surface area contributed by atoms with E-state index in [0.29, 0.717) is 36.3 Å². The Morgan fingerprint density at radius 2 is 0.824 bits per heavy atom. The molecule has 4 fully saturated rings. The van der Waals surface area contributed by atoms with Crippen LogP contribution in [0.4, 0.5) is 0 Å². The van der Waals surface area contributed by atoms with Crippen LogP contribution in [0.15, 0.2) is 54.7 Å². The van der Waals surface area contributed by atoms with Crippen LogP contribution in [0.3, 0.4) is 0 Å². The van der Waals surface area contributed by atoms with E-state index < -0.39 is 0 Å². The summed E-state index contributed by atoms with van der Waals surface area (Å²) < 4.78 is 18.6. The molecular weight excluding hydrogens is 627 g/mol. The first-order chi connectivity index (χ1) is 24.8. The average molecular weight is 704 g/mol. The maximum atomic E-state index is 6.33. The fourth-order valence-electron chi connectivity index (χ4n) is 9.38. The number of rotatable bonds is 12. The van der Waals surface area contributed by atoms with E-state index in [2.05, 4.69) is 89.0 Å². The van der Waals surface area contributed by atoms with E-state index in [-0.39, 0.29) is 12.2 Å². The summed E-state index contributed by atoms with van der Waals surface area (Å²) in [5, 5.41) is 0. The van der Waals surface area contributed by atoms with Gasteiger partial charge in [-0.25, -0.2) is 0 Å². The van der Waals surface area contributed by atoms with Gasteiger partial charge >= 0.3 is 0 Å². The molecule has 2 unspecified atom stereocenters. The minimum atomic E-state index is 0.191. The number of benzene rings is 1. The third-order valence-electron chi connectivity index (χ3n) is 11.8. The quantitative estimate of drug-likeness (QED) is 0.221. The summed E-state index contributed by atoms with van der Waals surface area (Å²) in [6, 6.07) is 16.9. The van der Waals surface area contributed by atoms with Crippen molar-refractivity contribution in [2.24, 2.45) is 23.7 Å². The van der Waals surface area contributed by atoms with Crippen molar-refractivity contribution in [1.29, 1.82) is 0 Å². The predicted molar refractivity (Wildman–Crippen MR) is 215 cm³/mol. The average Bonchev–Trinajstić information content (AvgIpc) is 3.17. The summed E-state index contributed by atoms with van der Waals surface area (Å²) in [4.78, 5) is 4.48. The minimum absolute atomic E-state index is 0.191. The molecule has 0 amide bonds. The highest BCUT2D eigenvalue weighted by Gasteiger charge is 2.33. The number of hydrogen-bond donors (Lipinski definition) is 0. The molecule has 1 aromatic carbocycles. The molecule has 0 radical (unpaired) electrons. The highest BCUT2D eigenvalue weighted by Crippen LogP contribution is 2.39. The zero-order valence-corrected chi connectivity index (χ0v) is 33.8. The fraction of sp³-hybridized carbons (Fsp3) is 0.766. The molecule has 4 aliphatic carbocycles. The first kappa shape index (κ1) is 42.0. The second-order valence-corrected chi connectivity index (χ2v) is 17.1. The van der Waals surface area contributed by atoms with Gasteiger partial charge in [0, 0.05) is 6.20 Å². The molecule has 0 N–H and O–H groups in total. The molecule has 2 aromatic rings. The van der Waals surface area contributed by atoms with Crippen molar-refractivity contribution >= 4 is 0 Å². The number of ether oxygens (including phenoxy) is 3. The molecule has 288 valence electrons. The largest absolute Gasteiger partial charge is 0.375 e. The Morgan fingerprint density at radius 3 is 1.24 bits per heavy atom. The predicted octanol–water partition coefficient (Wildman–Crippen LogP) is 13.8. The summed E-state index contributed by atoms with van der Waals surface area (Å²) in [7, 11) is 0. The molecule has 4 nitrogen and oxygen atoms in total. The molecule has 0 bridgehead atoms. The third kappa shape index (κ3) is 15.3. The van der Waals surface area contributed by atoms with E-state index in [1.165, 1.54) is 134 Å². The van der Waals surface area contributed by atoms with E-state index in [4.69, 9.17) is 14.2 Å². The Hall–Kier alpha value is -1.75. The summed E-state index contributed by atoms with van der Waals surface area (Å²) in [6.07, 6.45) is 31.7. The second-order valence-electron chi connectivity index (χ2n) is 17.1. The number of hydrogen-bond acceptors (Lipinski definition) is 4. The maximum Gasteiger partial charge on any atom is 0.103 e. The van der Waals surface area contributed by atoms with Gasteiger partial charge in [-0.05, 0) is 134 Å². The second kappa shape index (κ2) is 23.8. The number of pyridine rings is 1. The Balaban J connectivity index is 0.000000172. The number of nitrogens with zero attached hydrogens (tertiary/aromatic N) is 1. The molecule has 0 aliphatic heterocycles. The summed E-state index contributed by atoms with van der Waals surface area (Å²) >= 11 is 0. The van der Waals surface area contributed by atoms with Gasteiger partial charge in [-0.3, -0.25) is 4.98 Å². The van der Waals surface area contributed by atoms with Crippen molar-refractivity contribution in [3.63, 3.8) is 0 Å². The molecular formula is C47H77NO3. The molecule has 1 aromatic heterocycles. The van der Waals surface area contributed by atoms with Crippen molar-refractivity contribution in [2.75, 3.05) is 0 Å². The van der Waals surface area contributed by atoms with Gasteiger partial charge < -0.3 is 14.2 Å². The van der Waals surface area contributed by atoms with Gasteiger partial charge in [-0.15, -0.1) is 0 Å². The summed E-state index contributed by atoms with van der Waals surface area (Å²) in [5.41, 5.74) is 2.46. The van der Waals surface area contributed by atoms with Crippen molar-refractivity contribution in [2.45, 2.75) is 207 Å². The van der Waals surface area contributed by atoms with Crippen LogP contribution < -0.4 is 0 Å². The van der Waals surface area contributed by atoms with E-state index >= 15 is 0 Å². The van der Waals surface area contributed by atoms with E-state index in [0.717, 1.165) is 17.5 Å². The van der Waals surface area contributed by atoms with Gasteiger partial charge in [-0.2, -0.15) is 0 Å². The van der Waals surface area contributed by atoms with Crippen LogP contribution in [0.2, 0.25) is 0 Å². The lowest BCUT2D eigenvalue weighted by atomic mass is 9.75. The van der Waals surface area contributed by atoms with E-state index in [9.17, 15) is 0 Å². The van der Waals surface area contributed by atoms with Gasteiger partial charge in [0.2, 0.25) is 0 Å². The molecule has 6 rings (SSSR count). The van der Waals surface area contributed by atoms with Crippen LogP contribution in [0.5, 0.6) is 0 Å². The van der Waals surface area contributed by atoms with Crippen molar-refractivity contribution < 1.29 is 14.2 Å². The monoisotopic (exact) mass is 704 g/mol. The zero-order chi connectivity index (χ0) is 36.3. The molecule has 1 heterocycles. The summed E-state index contributed by atoms with van der Waals surface area (Å²) in [6.45, 7) is 12.9. The molecule has 4 saturated carbocycles. The van der Waals surface area contributed by atoms with Crippen molar-refractivity contribution in [1.82, 2.24) is 4.98 Å². The molecule has 4 heteroatoms. The summed E-state index contributed by atoms with van der Waals surface area (Å²) in [5.74, 6) is 3.11.